The number of ether oxygens (including phenoxy) is 1. The Balaban J connectivity index is 1.17. The van der Waals surface area contributed by atoms with Gasteiger partial charge in [0.05, 0.1) is 16.8 Å². The van der Waals surface area contributed by atoms with Crippen molar-refractivity contribution in [3.63, 3.8) is 0 Å². The number of aromatic nitrogens is 1. The van der Waals surface area contributed by atoms with Gasteiger partial charge in [0.25, 0.3) is 5.91 Å². The first-order valence-electron chi connectivity index (χ1n) is 10.4. The number of piperidine rings is 1. The van der Waals surface area contributed by atoms with E-state index < -0.39 is 0 Å². The van der Waals surface area contributed by atoms with Crippen molar-refractivity contribution in [1.29, 1.82) is 0 Å². The van der Waals surface area contributed by atoms with Gasteiger partial charge in [-0.05, 0) is 56.5 Å². The van der Waals surface area contributed by atoms with Crippen molar-refractivity contribution < 1.29 is 9.53 Å². The molecule has 5 nitrogen and oxygen atoms in total. The Kier molecular flexibility index (Phi) is 6.87. The molecule has 2 heterocycles. The molecule has 0 aliphatic carbocycles. The van der Waals surface area contributed by atoms with Gasteiger partial charge in [0.2, 0.25) is 0 Å². The van der Waals surface area contributed by atoms with E-state index in [-0.39, 0.29) is 11.9 Å². The zero-order valence-corrected chi connectivity index (χ0v) is 18.6. The van der Waals surface area contributed by atoms with Gasteiger partial charge in [-0.15, -0.1) is 11.3 Å². The average molecular weight is 444 g/mol. The summed E-state index contributed by atoms with van der Waals surface area (Å²) >= 11 is 7.42. The van der Waals surface area contributed by atoms with E-state index in [9.17, 15) is 4.79 Å². The maximum atomic E-state index is 12.6. The quantitative estimate of drug-likeness (QED) is 0.526. The highest BCUT2D eigenvalue weighted by Crippen LogP contribution is 2.25. The van der Waals surface area contributed by atoms with Gasteiger partial charge in [-0.3, -0.25) is 4.79 Å². The fourth-order valence-corrected chi connectivity index (χ4v) is 4.67. The molecule has 1 fully saturated rings. The summed E-state index contributed by atoms with van der Waals surface area (Å²) in [4.78, 5) is 19.5. The van der Waals surface area contributed by atoms with Crippen LogP contribution in [0.1, 0.15) is 34.6 Å². The molecule has 7 heteroatoms. The number of nitrogens with one attached hydrogen (secondary N) is 1. The molecule has 0 unspecified atom stereocenters. The standard InChI is InChI=1S/C23H26ClN3O2S/c1-16-3-6-19(7-4-16)29-14-2-11-27-12-9-18(10-13-27)25-22(28)23-26-20-15-17(24)5-8-21(20)30-23/h3-8,15,18H,2,9-14H2,1H3,(H,25,28). The second-order valence-electron chi connectivity index (χ2n) is 7.74. The first-order valence-corrected chi connectivity index (χ1v) is 11.5. The summed E-state index contributed by atoms with van der Waals surface area (Å²) in [6.07, 6.45) is 2.92. The number of hydrogen-bond donors (Lipinski definition) is 1. The van der Waals surface area contributed by atoms with E-state index in [0.29, 0.717) is 10.0 Å². The summed E-state index contributed by atoms with van der Waals surface area (Å²) in [5.74, 6) is 0.844. The lowest BCUT2D eigenvalue weighted by atomic mass is 10.0. The molecule has 1 N–H and O–H groups in total. The SMILES string of the molecule is Cc1ccc(OCCCN2CCC(NC(=O)c3nc4cc(Cl)ccc4s3)CC2)cc1. The van der Waals surface area contributed by atoms with Crippen LogP contribution in [0.4, 0.5) is 0 Å². The van der Waals surface area contributed by atoms with Gasteiger partial charge in [-0.2, -0.15) is 0 Å². The molecule has 0 bridgehead atoms. The predicted octanol–water partition coefficient (Wildman–Crippen LogP) is 4.92. The van der Waals surface area contributed by atoms with E-state index in [1.807, 2.05) is 24.3 Å². The number of rotatable bonds is 7. The van der Waals surface area contributed by atoms with Crippen LogP contribution in [-0.2, 0) is 0 Å². The van der Waals surface area contributed by atoms with Crippen molar-refractivity contribution in [2.75, 3.05) is 26.2 Å². The fraction of sp³-hybridized carbons (Fsp3) is 0.391. The zero-order valence-electron chi connectivity index (χ0n) is 17.1. The number of carbonyl (C=O) groups excluding carboxylic acids is 1. The number of nitrogens with zero attached hydrogens (tertiary/aromatic N) is 2. The molecule has 30 heavy (non-hydrogen) atoms. The molecule has 4 rings (SSSR count). The molecular weight excluding hydrogens is 418 g/mol. The van der Waals surface area contributed by atoms with Gasteiger partial charge in [0, 0.05) is 30.7 Å². The third-order valence-corrected chi connectivity index (χ3v) is 6.65. The number of aryl methyl sites for hydroxylation is 1. The molecule has 0 radical (unpaired) electrons. The van der Waals surface area contributed by atoms with Crippen molar-refractivity contribution >= 4 is 39.1 Å². The molecule has 0 spiro atoms. The molecule has 1 aromatic heterocycles. The number of hydrogen-bond acceptors (Lipinski definition) is 5. The predicted molar refractivity (Wildman–Crippen MR) is 123 cm³/mol. The number of benzene rings is 2. The molecule has 1 aliphatic heterocycles. The minimum Gasteiger partial charge on any atom is -0.494 e. The third kappa shape index (κ3) is 5.50. The zero-order chi connectivity index (χ0) is 20.9. The van der Waals surface area contributed by atoms with Crippen molar-refractivity contribution in [3.8, 4) is 5.75 Å². The maximum absolute atomic E-state index is 12.6. The van der Waals surface area contributed by atoms with Gasteiger partial charge >= 0.3 is 0 Å². The molecule has 1 aliphatic rings. The highest BCUT2D eigenvalue weighted by Gasteiger charge is 2.22. The number of carbonyl (C=O) groups is 1. The Labute approximate surface area is 186 Å². The van der Waals surface area contributed by atoms with Crippen LogP contribution in [0.3, 0.4) is 0 Å². The topological polar surface area (TPSA) is 54.5 Å². The van der Waals surface area contributed by atoms with Crippen LogP contribution in [0.5, 0.6) is 5.75 Å². The Morgan fingerprint density at radius 1 is 1.23 bits per heavy atom. The van der Waals surface area contributed by atoms with Crippen LogP contribution in [0.25, 0.3) is 10.2 Å². The Morgan fingerprint density at radius 3 is 2.77 bits per heavy atom. The van der Waals surface area contributed by atoms with Crippen molar-refractivity contribution in [2.24, 2.45) is 0 Å². The van der Waals surface area contributed by atoms with Crippen LogP contribution in [-0.4, -0.2) is 48.1 Å². The highest BCUT2D eigenvalue weighted by atomic mass is 35.5. The normalized spacial score (nSPS) is 15.4. The molecule has 158 valence electrons. The largest absolute Gasteiger partial charge is 0.494 e. The van der Waals surface area contributed by atoms with Gasteiger partial charge in [0.15, 0.2) is 5.01 Å². The first kappa shape index (κ1) is 21.1. The fourth-order valence-electron chi connectivity index (χ4n) is 3.66. The minimum atomic E-state index is -0.0859. The van der Waals surface area contributed by atoms with Crippen molar-refractivity contribution in [3.05, 3.63) is 58.1 Å². The van der Waals surface area contributed by atoms with Gasteiger partial charge in [-0.25, -0.2) is 4.98 Å². The molecule has 1 saturated heterocycles. The summed E-state index contributed by atoms with van der Waals surface area (Å²) in [6, 6.07) is 13.9. The molecule has 3 aromatic rings. The van der Waals surface area contributed by atoms with E-state index in [4.69, 9.17) is 16.3 Å². The summed E-state index contributed by atoms with van der Waals surface area (Å²) in [5, 5.41) is 4.29. The third-order valence-electron chi connectivity index (χ3n) is 5.38. The van der Waals surface area contributed by atoms with Gasteiger partial charge in [0.1, 0.15) is 5.75 Å². The second kappa shape index (κ2) is 9.77. The average Bonchev–Trinajstić information content (AvgIpc) is 3.17. The smallest absolute Gasteiger partial charge is 0.280 e. The number of amides is 1. The number of fused-ring (bicyclic) bond motifs is 1. The van der Waals surface area contributed by atoms with Crippen LogP contribution < -0.4 is 10.1 Å². The van der Waals surface area contributed by atoms with Crippen LogP contribution in [0.2, 0.25) is 5.02 Å². The van der Waals surface area contributed by atoms with E-state index in [1.54, 1.807) is 6.07 Å². The molecule has 0 saturated carbocycles. The molecule has 2 aromatic carbocycles. The molecule has 0 atom stereocenters. The van der Waals surface area contributed by atoms with Crippen molar-refractivity contribution in [2.45, 2.75) is 32.2 Å². The van der Waals surface area contributed by atoms with Gasteiger partial charge < -0.3 is 15.0 Å². The van der Waals surface area contributed by atoms with Crippen LogP contribution in [0.15, 0.2) is 42.5 Å². The lowest BCUT2D eigenvalue weighted by molar-refractivity contribution is 0.0909. The number of likely N-dealkylation sites (tertiary alicyclic amines) is 1. The maximum Gasteiger partial charge on any atom is 0.280 e. The van der Waals surface area contributed by atoms with E-state index in [0.717, 1.165) is 61.5 Å². The number of thiazole rings is 1. The molecule has 1 amide bonds. The second-order valence-corrected chi connectivity index (χ2v) is 9.20. The Morgan fingerprint density at radius 2 is 2.00 bits per heavy atom. The summed E-state index contributed by atoms with van der Waals surface area (Å²) < 4.78 is 6.79. The summed E-state index contributed by atoms with van der Waals surface area (Å²) in [6.45, 7) is 5.80. The summed E-state index contributed by atoms with van der Waals surface area (Å²) in [7, 11) is 0. The van der Waals surface area contributed by atoms with E-state index >= 15 is 0 Å². The highest BCUT2D eigenvalue weighted by molar-refractivity contribution is 7.20. The van der Waals surface area contributed by atoms with E-state index in [2.05, 4.69) is 34.3 Å². The van der Waals surface area contributed by atoms with Crippen LogP contribution in [0, 0.1) is 6.92 Å². The Bertz CT molecular complexity index is 997. The van der Waals surface area contributed by atoms with Crippen molar-refractivity contribution in [1.82, 2.24) is 15.2 Å². The van der Waals surface area contributed by atoms with E-state index in [1.165, 1.54) is 16.9 Å². The van der Waals surface area contributed by atoms with Gasteiger partial charge in [-0.1, -0.05) is 29.3 Å². The molecular formula is C23H26ClN3O2S. The van der Waals surface area contributed by atoms with Crippen LogP contribution >= 0.6 is 22.9 Å². The Hall–Kier alpha value is -2.15. The first-order chi connectivity index (χ1) is 14.6. The summed E-state index contributed by atoms with van der Waals surface area (Å²) in [5.41, 5.74) is 2.02. The lowest BCUT2D eigenvalue weighted by Crippen LogP contribution is -2.45. The lowest BCUT2D eigenvalue weighted by Gasteiger charge is -2.32. The monoisotopic (exact) mass is 443 g/mol. The minimum absolute atomic E-state index is 0.0859. The number of halogens is 1.